The maximum atomic E-state index is 12.6. The van der Waals surface area contributed by atoms with Crippen LogP contribution in [0.2, 0.25) is 15.3 Å². The van der Waals surface area contributed by atoms with Crippen molar-refractivity contribution in [2.24, 2.45) is 0 Å². The van der Waals surface area contributed by atoms with E-state index in [4.69, 9.17) is 37.4 Å². The van der Waals surface area contributed by atoms with Crippen molar-refractivity contribution in [3.8, 4) is 17.3 Å². The van der Waals surface area contributed by atoms with Crippen LogP contribution in [-0.4, -0.2) is 83.2 Å². The van der Waals surface area contributed by atoms with Gasteiger partial charge in [0.1, 0.15) is 0 Å². The van der Waals surface area contributed by atoms with E-state index >= 15 is 0 Å². The Bertz CT molecular complexity index is 1190. The number of aromatic nitrogens is 2. The summed E-state index contributed by atoms with van der Waals surface area (Å²) < 4.78 is 17.2. The average Bonchev–Trinajstić information content (AvgIpc) is 2.90. The van der Waals surface area contributed by atoms with Gasteiger partial charge in [0, 0.05) is 0 Å². The van der Waals surface area contributed by atoms with Crippen molar-refractivity contribution < 1.29 is 19.0 Å². The van der Waals surface area contributed by atoms with E-state index in [1.807, 2.05) is 30.3 Å². The fraction of sp³-hybridized carbons (Fsp3) is 0.346. The van der Waals surface area contributed by atoms with Crippen LogP contribution in [0, 0.1) is 0 Å². The zero-order valence-electron chi connectivity index (χ0n) is 20.0. The fourth-order valence-corrected chi connectivity index (χ4v) is 6.52. The Morgan fingerprint density at radius 1 is 1.11 bits per heavy atom. The summed E-state index contributed by atoms with van der Waals surface area (Å²) in [5, 5.41) is 2.29. The van der Waals surface area contributed by atoms with Crippen LogP contribution in [0.1, 0.15) is 15.9 Å². The van der Waals surface area contributed by atoms with Crippen LogP contribution in [0.4, 0.5) is 0 Å². The Morgan fingerprint density at radius 3 is 2.72 bits per heavy atom. The van der Waals surface area contributed by atoms with Gasteiger partial charge in [0.25, 0.3) is 0 Å². The number of methoxy groups -OCH3 is 1. The van der Waals surface area contributed by atoms with E-state index in [9.17, 15) is 4.79 Å². The zero-order valence-corrected chi connectivity index (χ0v) is 23.6. The molecule has 0 bridgehead atoms. The molecule has 0 aliphatic carbocycles. The fourth-order valence-electron chi connectivity index (χ4n) is 3.79. The molecular formula is C26H28AsCl2N3O4. The molecule has 0 saturated carbocycles. The quantitative estimate of drug-likeness (QED) is 0.263. The van der Waals surface area contributed by atoms with E-state index in [0.29, 0.717) is 40.5 Å². The number of esters is 1. The monoisotopic (exact) mass is 591 g/mol. The molecule has 0 spiro atoms. The second-order valence-corrected chi connectivity index (χ2v) is 11.9. The molecule has 4 rings (SSSR count). The molecule has 1 aromatic heterocycles. The van der Waals surface area contributed by atoms with Crippen molar-refractivity contribution in [1.82, 2.24) is 14.9 Å². The molecule has 2 aromatic carbocycles. The molecule has 1 saturated heterocycles. The molecule has 1 aliphatic heterocycles. The number of ether oxygens (including phenoxy) is 3. The molecule has 1 fully saturated rings. The van der Waals surface area contributed by atoms with E-state index in [0.717, 1.165) is 53.5 Å². The summed E-state index contributed by atoms with van der Waals surface area (Å²) in [7, 11) is 1.55. The number of hydrogen-bond acceptors (Lipinski definition) is 7. The predicted molar refractivity (Wildman–Crippen MR) is 143 cm³/mol. The topological polar surface area (TPSA) is 73.8 Å². The van der Waals surface area contributed by atoms with Crippen molar-refractivity contribution in [3.63, 3.8) is 0 Å². The van der Waals surface area contributed by atoms with Gasteiger partial charge in [0.05, 0.1) is 13.2 Å². The zero-order chi connectivity index (χ0) is 25.3. The first-order chi connectivity index (χ1) is 17.5. The van der Waals surface area contributed by atoms with Gasteiger partial charge < -0.3 is 4.74 Å². The molecule has 1 aliphatic rings. The van der Waals surface area contributed by atoms with Crippen molar-refractivity contribution >= 4 is 49.4 Å². The first kappa shape index (κ1) is 26.9. The second kappa shape index (κ2) is 13.4. The van der Waals surface area contributed by atoms with Gasteiger partial charge in [-0.25, -0.2) is 0 Å². The van der Waals surface area contributed by atoms with Crippen LogP contribution in [-0.2, 0) is 15.9 Å². The Hall–Kier alpha value is -2.15. The van der Waals surface area contributed by atoms with Gasteiger partial charge in [0.15, 0.2) is 0 Å². The molecule has 1 unspecified atom stereocenters. The number of benzene rings is 2. The van der Waals surface area contributed by atoms with Crippen LogP contribution in [0.15, 0.2) is 48.5 Å². The van der Waals surface area contributed by atoms with Crippen molar-refractivity contribution in [3.05, 3.63) is 69.7 Å². The standard InChI is InChI=1S/C26H28AsCl2N3O4/c1-34-26-30-23(17-24(31-26)27-8-7-18-5-6-21(28)16-22(18)29)19-3-2-4-20(15-19)25(33)36-14-11-32-9-12-35-13-10-32/h2-6,15-17,27H,7-14H2,1H3. The second-order valence-electron chi connectivity index (χ2n) is 8.21. The molecular weight excluding hydrogens is 564 g/mol. The first-order valence-corrected chi connectivity index (χ1v) is 15.0. The van der Waals surface area contributed by atoms with Crippen molar-refractivity contribution in [2.75, 3.05) is 46.6 Å². The van der Waals surface area contributed by atoms with Gasteiger partial charge >= 0.3 is 210 Å². The predicted octanol–water partition coefficient (Wildman–Crippen LogP) is 3.67. The number of halogens is 2. The van der Waals surface area contributed by atoms with E-state index in [1.54, 1.807) is 25.3 Å². The summed E-state index contributed by atoms with van der Waals surface area (Å²) in [6, 6.07) is 15.2. The minimum atomic E-state index is -0.570. The van der Waals surface area contributed by atoms with E-state index in [1.165, 1.54) is 0 Å². The van der Waals surface area contributed by atoms with Gasteiger partial charge in [-0.1, -0.05) is 0 Å². The molecule has 0 N–H and O–H groups in total. The summed E-state index contributed by atoms with van der Waals surface area (Å²) in [6.45, 7) is 4.21. The molecule has 0 radical (unpaired) electrons. The van der Waals surface area contributed by atoms with Gasteiger partial charge in [-0.2, -0.15) is 0 Å². The average molecular weight is 592 g/mol. The van der Waals surface area contributed by atoms with Gasteiger partial charge in [0.2, 0.25) is 0 Å². The number of aryl methyl sites for hydroxylation is 1. The summed E-state index contributed by atoms with van der Waals surface area (Å²) in [5.74, 6) is -0.348. The molecule has 3 aromatic rings. The summed E-state index contributed by atoms with van der Waals surface area (Å²) in [6.07, 6.45) is 0.851. The third-order valence-electron chi connectivity index (χ3n) is 5.74. The molecule has 190 valence electrons. The van der Waals surface area contributed by atoms with Gasteiger partial charge in [-0.3, -0.25) is 0 Å². The maximum absolute atomic E-state index is 12.6. The number of morpholine rings is 1. The minimum absolute atomic E-state index is 0.314. The number of hydrogen-bond donors (Lipinski definition) is 0. The van der Waals surface area contributed by atoms with E-state index < -0.39 is 15.8 Å². The third-order valence-corrected chi connectivity index (χ3v) is 8.68. The van der Waals surface area contributed by atoms with Crippen LogP contribution < -0.4 is 9.22 Å². The third kappa shape index (κ3) is 7.67. The number of carbonyl (C=O) groups excluding carboxylic acids is 1. The van der Waals surface area contributed by atoms with Crippen LogP contribution >= 0.6 is 23.2 Å². The van der Waals surface area contributed by atoms with E-state index in [-0.39, 0.29) is 5.97 Å². The normalized spacial score (nSPS) is 14.3. The number of carbonyl (C=O) groups is 1. The summed E-state index contributed by atoms with van der Waals surface area (Å²) in [5.41, 5.74) is 3.09. The van der Waals surface area contributed by atoms with Crippen molar-refractivity contribution in [2.45, 2.75) is 11.6 Å². The molecule has 10 heteroatoms. The molecule has 36 heavy (non-hydrogen) atoms. The van der Waals surface area contributed by atoms with Crippen LogP contribution in [0.3, 0.4) is 0 Å². The molecule has 7 nitrogen and oxygen atoms in total. The van der Waals surface area contributed by atoms with Crippen molar-refractivity contribution in [1.29, 1.82) is 0 Å². The summed E-state index contributed by atoms with van der Waals surface area (Å²) in [4.78, 5) is 23.9. The molecule has 2 heterocycles. The Balaban J connectivity index is 1.40. The van der Waals surface area contributed by atoms with E-state index in [2.05, 4.69) is 14.9 Å². The Labute approximate surface area is 227 Å². The van der Waals surface area contributed by atoms with Gasteiger partial charge in [-0.05, 0) is 0 Å². The Kier molecular flexibility index (Phi) is 10.0. The van der Waals surface area contributed by atoms with Gasteiger partial charge in [-0.15, -0.1) is 0 Å². The van der Waals surface area contributed by atoms with Crippen LogP contribution in [0.5, 0.6) is 6.01 Å². The Morgan fingerprint density at radius 2 is 1.94 bits per heavy atom. The number of nitrogens with zero attached hydrogens (tertiary/aromatic N) is 3. The van der Waals surface area contributed by atoms with Crippen LogP contribution in [0.25, 0.3) is 11.3 Å². The first-order valence-electron chi connectivity index (χ1n) is 11.7. The molecule has 1 atom stereocenters. The molecule has 0 amide bonds. The number of rotatable bonds is 10. The summed E-state index contributed by atoms with van der Waals surface area (Å²) >= 11 is 11.7. The SMILES string of the molecule is COc1nc([AsH]CCc2ccc(Cl)cc2Cl)cc(-c2cccc(C(=O)OCCN3CCOCC3)c2)n1.